The van der Waals surface area contributed by atoms with Crippen molar-refractivity contribution in [2.24, 2.45) is 0 Å². The van der Waals surface area contributed by atoms with Crippen LogP contribution in [0.3, 0.4) is 0 Å². The van der Waals surface area contributed by atoms with Gasteiger partial charge >= 0.3 is 5.97 Å². The number of aromatic carboxylic acids is 1. The summed E-state index contributed by atoms with van der Waals surface area (Å²) in [7, 11) is 0. The molecule has 1 aromatic rings. The van der Waals surface area contributed by atoms with Crippen molar-refractivity contribution in [1.82, 2.24) is 9.88 Å². The van der Waals surface area contributed by atoms with E-state index in [1.54, 1.807) is 28.8 Å². The summed E-state index contributed by atoms with van der Waals surface area (Å²) in [5.41, 5.74) is 0.124. The number of thioether (sulfide) groups is 1. The van der Waals surface area contributed by atoms with Crippen LogP contribution in [0.5, 0.6) is 0 Å². The summed E-state index contributed by atoms with van der Waals surface area (Å²) in [6.07, 6.45) is 5.29. The van der Waals surface area contributed by atoms with Gasteiger partial charge in [-0.15, -0.1) is 0 Å². The Balaban J connectivity index is 2.17. The van der Waals surface area contributed by atoms with Crippen LogP contribution in [-0.4, -0.2) is 51.5 Å². The van der Waals surface area contributed by atoms with Gasteiger partial charge in [-0.1, -0.05) is 12.5 Å². The number of aromatic nitrogens is 1. The van der Waals surface area contributed by atoms with Crippen LogP contribution >= 0.6 is 11.8 Å². The van der Waals surface area contributed by atoms with Crippen molar-refractivity contribution in [3.05, 3.63) is 29.6 Å². The second-order valence-corrected chi connectivity index (χ2v) is 5.96. The number of amides is 1. The molecule has 1 amide bonds. The zero-order valence-electron chi connectivity index (χ0n) is 11.4. The molecule has 1 N–H and O–H groups in total. The zero-order chi connectivity index (χ0) is 14.5. The quantitative estimate of drug-likeness (QED) is 0.925. The number of nitrogens with zero attached hydrogens (tertiary/aromatic N) is 2. The Kier molecular flexibility index (Phi) is 5.00. The Hall–Kier alpha value is -1.56. The van der Waals surface area contributed by atoms with E-state index in [1.165, 1.54) is 6.07 Å². The summed E-state index contributed by atoms with van der Waals surface area (Å²) in [6, 6.07) is 4.54. The molecule has 1 unspecified atom stereocenters. The Labute approximate surface area is 122 Å². The number of carboxylic acids is 1. The minimum atomic E-state index is -1.11. The van der Waals surface area contributed by atoms with Gasteiger partial charge in [-0.05, 0) is 31.2 Å². The third kappa shape index (κ3) is 3.50. The van der Waals surface area contributed by atoms with Crippen molar-refractivity contribution >= 4 is 23.6 Å². The number of pyridine rings is 1. The molecule has 0 aromatic carbocycles. The molecule has 0 radical (unpaired) electrons. The fourth-order valence-electron chi connectivity index (χ4n) is 2.31. The Morgan fingerprint density at radius 2 is 2.10 bits per heavy atom. The second kappa shape index (κ2) is 6.74. The first-order chi connectivity index (χ1) is 9.61. The lowest BCUT2D eigenvalue weighted by atomic mass is 10.2. The molecule has 1 atom stereocenters. The van der Waals surface area contributed by atoms with Gasteiger partial charge in [0.1, 0.15) is 11.4 Å². The summed E-state index contributed by atoms with van der Waals surface area (Å²) in [5.74, 6) is -1.29. The third-order valence-electron chi connectivity index (χ3n) is 3.44. The SMILES string of the molecule is CSC1CCCCN(C(=O)c2cccc(C(=O)O)n2)C1. The maximum atomic E-state index is 12.5. The lowest BCUT2D eigenvalue weighted by Crippen LogP contribution is -2.36. The zero-order valence-corrected chi connectivity index (χ0v) is 12.2. The lowest BCUT2D eigenvalue weighted by Gasteiger charge is -2.23. The van der Waals surface area contributed by atoms with Gasteiger partial charge in [0, 0.05) is 18.3 Å². The molecule has 0 bridgehead atoms. The molecule has 108 valence electrons. The van der Waals surface area contributed by atoms with E-state index >= 15 is 0 Å². The van der Waals surface area contributed by atoms with Gasteiger partial charge in [0.2, 0.25) is 0 Å². The summed E-state index contributed by atoms with van der Waals surface area (Å²) < 4.78 is 0. The average Bonchev–Trinajstić information content (AvgIpc) is 2.72. The van der Waals surface area contributed by atoms with Gasteiger partial charge in [-0.3, -0.25) is 4.79 Å². The van der Waals surface area contributed by atoms with Crippen LogP contribution in [0.25, 0.3) is 0 Å². The standard InChI is InChI=1S/C14H18N2O3S/c1-20-10-5-2-3-8-16(9-10)13(17)11-6-4-7-12(15-11)14(18)19/h4,6-7,10H,2-3,5,8-9H2,1H3,(H,18,19). The molecular weight excluding hydrogens is 276 g/mol. The predicted octanol–water partition coefficient (Wildman–Crippen LogP) is 2.14. The molecule has 1 fully saturated rings. The van der Waals surface area contributed by atoms with Crippen LogP contribution < -0.4 is 0 Å². The summed E-state index contributed by atoms with van der Waals surface area (Å²) in [6.45, 7) is 1.42. The van der Waals surface area contributed by atoms with E-state index in [0.717, 1.165) is 25.8 Å². The monoisotopic (exact) mass is 294 g/mol. The normalized spacial score (nSPS) is 19.4. The first kappa shape index (κ1) is 14.8. The van der Waals surface area contributed by atoms with Gasteiger partial charge in [0.15, 0.2) is 0 Å². The van der Waals surface area contributed by atoms with Crippen LogP contribution in [0.1, 0.15) is 40.2 Å². The molecule has 0 saturated carbocycles. The number of carbonyl (C=O) groups is 2. The number of hydrogen-bond acceptors (Lipinski definition) is 4. The van der Waals surface area contributed by atoms with E-state index in [1.807, 2.05) is 0 Å². The molecule has 20 heavy (non-hydrogen) atoms. The minimum absolute atomic E-state index is 0.0907. The lowest BCUT2D eigenvalue weighted by molar-refractivity contribution is 0.0690. The highest BCUT2D eigenvalue weighted by Gasteiger charge is 2.23. The molecule has 5 nitrogen and oxygen atoms in total. The summed E-state index contributed by atoms with van der Waals surface area (Å²) in [5, 5.41) is 9.38. The van der Waals surface area contributed by atoms with Gasteiger partial charge in [-0.25, -0.2) is 9.78 Å². The summed E-state index contributed by atoms with van der Waals surface area (Å²) in [4.78, 5) is 29.1. The molecule has 0 aliphatic carbocycles. The third-order valence-corrected chi connectivity index (χ3v) is 4.49. The fraction of sp³-hybridized carbons (Fsp3) is 0.500. The van der Waals surface area contributed by atoms with Crippen molar-refractivity contribution in [2.45, 2.75) is 24.5 Å². The fourth-order valence-corrected chi connectivity index (χ4v) is 3.05. The van der Waals surface area contributed by atoms with Crippen LogP contribution in [0.4, 0.5) is 0 Å². The van der Waals surface area contributed by atoms with Crippen LogP contribution in [0.2, 0.25) is 0 Å². The van der Waals surface area contributed by atoms with Crippen LogP contribution in [0, 0.1) is 0 Å². The van der Waals surface area contributed by atoms with Gasteiger partial charge in [0.25, 0.3) is 5.91 Å². The molecule has 1 aromatic heterocycles. The molecular formula is C14H18N2O3S. The molecule has 1 aliphatic rings. The molecule has 0 spiro atoms. The predicted molar refractivity (Wildman–Crippen MR) is 78.3 cm³/mol. The highest BCUT2D eigenvalue weighted by Crippen LogP contribution is 2.21. The average molecular weight is 294 g/mol. The van der Waals surface area contributed by atoms with Crippen LogP contribution in [-0.2, 0) is 0 Å². The largest absolute Gasteiger partial charge is 0.477 e. The second-order valence-electron chi connectivity index (χ2n) is 4.82. The van der Waals surface area contributed by atoms with E-state index in [4.69, 9.17) is 5.11 Å². The minimum Gasteiger partial charge on any atom is -0.477 e. The number of carboxylic acid groups (broad SMARTS) is 1. The topological polar surface area (TPSA) is 70.5 Å². The van der Waals surface area contributed by atoms with E-state index in [2.05, 4.69) is 11.2 Å². The number of hydrogen-bond donors (Lipinski definition) is 1. The van der Waals surface area contributed by atoms with Gasteiger partial charge in [0.05, 0.1) is 0 Å². The first-order valence-electron chi connectivity index (χ1n) is 6.64. The number of carbonyl (C=O) groups excluding carboxylic acids is 1. The highest BCUT2D eigenvalue weighted by atomic mass is 32.2. The van der Waals surface area contributed by atoms with Crippen LogP contribution in [0.15, 0.2) is 18.2 Å². The van der Waals surface area contributed by atoms with Gasteiger partial charge in [-0.2, -0.15) is 11.8 Å². The van der Waals surface area contributed by atoms with Crippen molar-refractivity contribution < 1.29 is 14.7 Å². The maximum absolute atomic E-state index is 12.5. The van der Waals surface area contributed by atoms with E-state index in [9.17, 15) is 9.59 Å². The van der Waals surface area contributed by atoms with Crippen molar-refractivity contribution in [3.8, 4) is 0 Å². The van der Waals surface area contributed by atoms with Crippen molar-refractivity contribution in [3.63, 3.8) is 0 Å². The Bertz CT molecular complexity index is 507. The number of rotatable bonds is 3. The van der Waals surface area contributed by atoms with E-state index in [0.29, 0.717) is 11.8 Å². The van der Waals surface area contributed by atoms with Crippen molar-refractivity contribution in [2.75, 3.05) is 19.3 Å². The molecule has 2 heterocycles. The maximum Gasteiger partial charge on any atom is 0.354 e. The van der Waals surface area contributed by atoms with E-state index in [-0.39, 0.29) is 17.3 Å². The first-order valence-corrected chi connectivity index (χ1v) is 7.93. The Morgan fingerprint density at radius 1 is 1.35 bits per heavy atom. The molecule has 6 heteroatoms. The molecule has 1 aliphatic heterocycles. The Morgan fingerprint density at radius 3 is 2.80 bits per heavy atom. The molecule has 2 rings (SSSR count). The van der Waals surface area contributed by atoms with E-state index < -0.39 is 5.97 Å². The highest BCUT2D eigenvalue weighted by molar-refractivity contribution is 7.99. The smallest absolute Gasteiger partial charge is 0.354 e. The number of likely N-dealkylation sites (tertiary alicyclic amines) is 1. The van der Waals surface area contributed by atoms with Crippen molar-refractivity contribution in [1.29, 1.82) is 0 Å². The summed E-state index contributed by atoms with van der Waals surface area (Å²) >= 11 is 1.78. The van der Waals surface area contributed by atoms with Gasteiger partial charge < -0.3 is 10.0 Å². The molecule has 1 saturated heterocycles.